The maximum Gasteiger partial charge on any atom is 0.514 e. The molecule has 16 heteroatoms. The zero-order chi connectivity index (χ0) is 40.6. The molecule has 2 amide bonds. The van der Waals surface area contributed by atoms with Crippen molar-refractivity contribution in [1.82, 2.24) is 20.4 Å². The minimum Gasteiger partial charge on any atom is -0.493 e. The number of likely N-dealkylation sites (N-methyl/N-ethyl adjacent to an activating group) is 1. The van der Waals surface area contributed by atoms with Crippen molar-refractivity contribution in [3.8, 4) is 34.8 Å². The van der Waals surface area contributed by atoms with Crippen LogP contribution in [0.25, 0.3) is 0 Å². The second-order valence-electron chi connectivity index (χ2n) is 15.3. The number of piperazine rings is 1. The van der Waals surface area contributed by atoms with Crippen molar-refractivity contribution in [1.29, 1.82) is 5.26 Å². The quantitative estimate of drug-likeness (QED) is 0.141. The maximum atomic E-state index is 13.7. The van der Waals surface area contributed by atoms with Gasteiger partial charge >= 0.3 is 12.2 Å². The first-order valence-corrected chi connectivity index (χ1v) is 18.5. The Bertz CT molecular complexity index is 1940. The van der Waals surface area contributed by atoms with E-state index in [0.29, 0.717) is 46.1 Å². The van der Waals surface area contributed by atoms with Crippen LogP contribution < -0.4 is 34.3 Å². The summed E-state index contributed by atoms with van der Waals surface area (Å²) < 4.78 is 46.3. The van der Waals surface area contributed by atoms with Crippen LogP contribution in [0.2, 0.25) is 0 Å². The van der Waals surface area contributed by atoms with Gasteiger partial charge in [-0.1, -0.05) is 18.7 Å². The highest BCUT2D eigenvalue weighted by molar-refractivity contribution is 5.85. The highest BCUT2D eigenvalue weighted by atomic mass is 16.7. The van der Waals surface area contributed by atoms with E-state index >= 15 is 0 Å². The number of methoxy groups -OCH3 is 2. The lowest BCUT2D eigenvalue weighted by Gasteiger charge is -2.60. The molecule has 1 saturated heterocycles. The zero-order valence-electron chi connectivity index (χ0n) is 33.4. The molecule has 302 valence electrons. The number of nitrogens with one attached hydrogen (secondary N) is 2. The van der Waals surface area contributed by atoms with E-state index in [-0.39, 0.29) is 51.0 Å². The molecule has 0 radical (unpaired) electrons. The van der Waals surface area contributed by atoms with Crippen LogP contribution in [-0.4, -0.2) is 106 Å². The van der Waals surface area contributed by atoms with Gasteiger partial charge in [-0.2, -0.15) is 5.26 Å². The maximum absolute atomic E-state index is 13.7. The SMILES string of the molecule is C=CCOC(=O)Oc1c(C)c2c(c3c1CC1[C@@H]4c5c(cc(C)c(OC)c5OCOC)C[C@@H]([C@H](C#N)N1[C@H]3CNC(=O)[C@H](C)NC(=O)OC(C)(C)C)N4C)OCO2. The third-order valence-electron chi connectivity index (χ3n) is 10.7. The summed E-state index contributed by atoms with van der Waals surface area (Å²) >= 11 is 0. The number of ether oxygens (including phenoxy) is 8. The number of amides is 2. The van der Waals surface area contributed by atoms with Crippen LogP contribution in [0.1, 0.15) is 73.2 Å². The van der Waals surface area contributed by atoms with Gasteiger partial charge in [-0.3, -0.25) is 14.6 Å². The number of carbonyl (C=O) groups is 3. The Hall–Kier alpha value is -5.24. The Labute approximate surface area is 326 Å². The number of rotatable bonds is 11. The molecule has 2 bridgehead atoms. The van der Waals surface area contributed by atoms with Crippen molar-refractivity contribution in [3.05, 3.63) is 52.1 Å². The number of alkyl carbamates (subject to hydrolysis) is 1. The molecular formula is C40H51N5O11. The summed E-state index contributed by atoms with van der Waals surface area (Å²) in [5.74, 6) is 1.69. The van der Waals surface area contributed by atoms with Gasteiger partial charge in [0.05, 0.1) is 25.3 Å². The van der Waals surface area contributed by atoms with Gasteiger partial charge in [0.1, 0.15) is 30.0 Å². The molecule has 0 aromatic heterocycles. The summed E-state index contributed by atoms with van der Waals surface area (Å²) in [6.45, 7) is 13.9. The van der Waals surface area contributed by atoms with Gasteiger partial charge < -0.3 is 48.5 Å². The lowest BCUT2D eigenvalue weighted by molar-refractivity contribution is -0.123. The monoisotopic (exact) mass is 777 g/mol. The molecule has 4 aliphatic heterocycles. The number of aryl methyl sites for hydroxylation is 1. The third kappa shape index (κ3) is 7.38. The van der Waals surface area contributed by atoms with E-state index in [4.69, 9.17) is 37.9 Å². The van der Waals surface area contributed by atoms with Crippen molar-refractivity contribution >= 4 is 18.2 Å². The Morgan fingerprint density at radius 3 is 2.48 bits per heavy atom. The highest BCUT2D eigenvalue weighted by Gasteiger charge is 2.57. The van der Waals surface area contributed by atoms with E-state index in [2.05, 4.69) is 39.1 Å². The van der Waals surface area contributed by atoms with Crippen LogP contribution >= 0.6 is 0 Å². The van der Waals surface area contributed by atoms with Gasteiger partial charge in [0.15, 0.2) is 29.8 Å². The van der Waals surface area contributed by atoms with E-state index in [9.17, 15) is 19.6 Å². The predicted octanol–water partition coefficient (Wildman–Crippen LogP) is 4.53. The van der Waals surface area contributed by atoms with E-state index < -0.39 is 47.9 Å². The van der Waals surface area contributed by atoms with Crippen molar-refractivity contribution in [2.24, 2.45) is 0 Å². The molecule has 6 rings (SSSR count). The van der Waals surface area contributed by atoms with Crippen LogP contribution in [0.15, 0.2) is 18.7 Å². The number of hydrogen-bond donors (Lipinski definition) is 2. The molecule has 0 spiro atoms. The summed E-state index contributed by atoms with van der Waals surface area (Å²) in [7, 11) is 5.14. The molecule has 0 saturated carbocycles. The lowest BCUT2D eigenvalue weighted by atomic mass is 9.71. The number of nitriles is 1. The normalized spacial score (nSPS) is 22.6. The van der Waals surface area contributed by atoms with Crippen LogP contribution in [-0.2, 0) is 31.8 Å². The Kier molecular flexibility index (Phi) is 11.6. The molecule has 2 aromatic rings. The van der Waals surface area contributed by atoms with Crippen molar-refractivity contribution in [2.45, 2.75) is 96.2 Å². The fraction of sp³-hybridized carbons (Fsp3) is 0.550. The van der Waals surface area contributed by atoms with Gasteiger partial charge in [0.2, 0.25) is 12.7 Å². The number of benzene rings is 2. The summed E-state index contributed by atoms with van der Waals surface area (Å²) in [5.41, 5.74) is 3.80. The lowest BCUT2D eigenvalue weighted by Crippen LogP contribution is -2.69. The summed E-state index contributed by atoms with van der Waals surface area (Å²) in [6, 6.07) is 1.26. The van der Waals surface area contributed by atoms with Crippen molar-refractivity contribution < 1.29 is 52.3 Å². The molecule has 56 heavy (non-hydrogen) atoms. The van der Waals surface area contributed by atoms with E-state index in [1.54, 1.807) is 48.8 Å². The molecule has 4 aliphatic rings. The van der Waals surface area contributed by atoms with Crippen LogP contribution in [0.3, 0.4) is 0 Å². The highest BCUT2D eigenvalue weighted by Crippen LogP contribution is 2.58. The molecule has 2 N–H and O–H groups in total. The van der Waals surface area contributed by atoms with Crippen molar-refractivity contribution in [2.75, 3.05) is 48.0 Å². The van der Waals surface area contributed by atoms with E-state index in [1.807, 2.05) is 14.0 Å². The van der Waals surface area contributed by atoms with E-state index in [0.717, 1.165) is 16.7 Å². The van der Waals surface area contributed by atoms with Crippen LogP contribution in [0, 0.1) is 25.2 Å². The number of nitrogens with zero attached hydrogens (tertiary/aromatic N) is 3. The van der Waals surface area contributed by atoms with Gasteiger partial charge in [-0.05, 0) is 72.6 Å². The first-order valence-electron chi connectivity index (χ1n) is 18.5. The smallest absolute Gasteiger partial charge is 0.493 e. The summed E-state index contributed by atoms with van der Waals surface area (Å²) in [4.78, 5) is 43.7. The van der Waals surface area contributed by atoms with Gasteiger partial charge in [0.25, 0.3) is 0 Å². The zero-order valence-corrected chi connectivity index (χ0v) is 33.4. The molecular weight excluding hydrogens is 726 g/mol. The number of fused-ring (bicyclic) bond motifs is 9. The predicted molar refractivity (Wildman–Crippen MR) is 201 cm³/mol. The average molecular weight is 778 g/mol. The Morgan fingerprint density at radius 2 is 1.82 bits per heavy atom. The molecule has 2 aromatic carbocycles. The minimum atomic E-state index is -0.966. The van der Waals surface area contributed by atoms with Gasteiger partial charge in [-0.15, -0.1) is 0 Å². The molecule has 6 atom stereocenters. The first-order chi connectivity index (χ1) is 26.6. The molecule has 0 aliphatic carbocycles. The standard InChI is InChI=1S/C40H51N5O11/c1-11-12-51-39(48)55-33-21(3)34-36(54-19-53-34)30-24(33)15-26-31-29-23(13-20(2)32(50-10)35(29)52-18-49-9)14-25(44(31)8)27(16-41)45(26)28(30)17-42-37(46)22(4)43-38(47)56-40(5,6)7/h11,13,22,25-28,31H,1,12,14-15,17-19H2,2-10H3,(H,42,46)(H,43,47)/t22-,25-,26?,27-,28-,31+/m0/s1. The first kappa shape index (κ1) is 40.4. The van der Waals surface area contributed by atoms with Gasteiger partial charge in [-0.25, -0.2) is 9.59 Å². The largest absolute Gasteiger partial charge is 0.514 e. The molecule has 4 heterocycles. The number of hydrogen-bond acceptors (Lipinski definition) is 14. The second kappa shape index (κ2) is 16.1. The Balaban J connectivity index is 1.52. The molecule has 1 fully saturated rings. The van der Waals surface area contributed by atoms with Crippen LogP contribution in [0.5, 0.6) is 28.7 Å². The fourth-order valence-corrected chi connectivity index (χ4v) is 8.54. The average Bonchev–Trinajstić information content (AvgIpc) is 3.63. The summed E-state index contributed by atoms with van der Waals surface area (Å²) in [5, 5.41) is 16.7. The van der Waals surface area contributed by atoms with Gasteiger partial charge in [0, 0.05) is 48.0 Å². The summed E-state index contributed by atoms with van der Waals surface area (Å²) in [6.07, 6.45) is 0.582. The minimum absolute atomic E-state index is 0.0136. The Morgan fingerprint density at radius 1 is 1.09 bits per heavy atom. The second-order valence-corrected chi connectivity index (χ2v) is 15.3. The fourth-order valence-electron chi connectivity index (χ4n) is 8.54. The van der Waals surface area contributed by atoms with Crippen LogP contribution in [0.4, 0.5) is 9.59 Å². The third-order valence-corrected chi connectivity index (χ3v) is 10.7. The molecule has 1 unspecified atom stereocenters. The molecule has 16 nitrogen and oxygen atoms in total. The topological polar surface area (TPSA) is 179 Å². The van der Waals surface area contributed by atoms with Crippen molar-refractivity contribution in [3.63, 3.8) is 0 Å². The number of carbonyl (C=O) groups excluding carboxylic acids is 3. The van der Waals surface area contributed by atoms with E-state index in [1.165, 1.54) is 6.08 Å².